The van der Waals surface area contributed by atoms with E-state index >= 15 is 0 Å². The summed E-state index contributed by atoms with van der Waals surface area (Å²) < 4.78 is 11.3. The van der Waals surface area contributed by atoms with Gasteiger partial charge in [0.05, 0.1) is 15.6 Å². The first kappa shape index (κ1) is 22.5. The minimum absolute atomic E-state index is 0.0685. The normalized spacial score (nSPS) is 10.8. The van der Waals surface area contributed by atoms with Crippen LogP contribution in [-0.4, -0.2) is 30.2 Å². The number of aromatic hydroxyl groups is 1. The van der Waals surface area contributed by atoms with E-state index in [2.05, 4.69) is 37.2 Å². The number of benzene rings is 2. The fourth-order valence-electron chi connectivity index (χ4n) is 2.19. The average molecular weight is 524 g/mol. The smallest absolute Gasteiger partial charge is 0.344 e. The first-order valence-corrected chi connectivity index (χ1v) is 9.92. The Morgan fingerprint density at radius 1 is 1.21 bits per heavy atom. The molecule has 2 N–H and O–H groups in total. The van der Waals surface area contributed by atoms with Gasteiger partial charge in [-0.05, 0) is 86.8 Å². The summed E-state index contributed by atoms with van der Waals surface area (Å²) in [5.74, 6) is -0.623. The van der Waals surface area contributed by atoms with Crippen molar-refractivity contribution in [1.29, 1.82) is 5.26 Å². The van der Waals surface area contributed by atoms with Crippen molar-refractivity contribution in [3.63, 3.8) is 0 Å². The molecule has 150 valence electrons. The third-order valence-electron chi connectivity index (χ3n) is 3.46. The zero-order valence-electron chi connectivity index (χ0n) is 15.2. The van der Waals surface area contributed by atoms with Crippen LogP contribution in [0.25, 0.3) is 6.08 Å². The Morgan fingerprint density at radius 2 is 1.83 bits per heavy atom. The van der Waals surface area contributed by atoms with Gasteiger partial charge in [-0.25, -0.2) is 4.79 Å². The molecule has 0 saturated carbocycles. The van der Waals surface area contributed by atoms with Gasteiger partial charge in [-0.1, -0.05) is 0 Å². The Hall–Kier alpha value is -2.83. The largest absolute Gasteiger partial charge is 0.508 e. The van der Waals surface area contributed by atoms with Crippen LogP contribution in [0.1, 0.15) is 12.5 Å². The number of nitrogens with zero attached hydrogens (tertiary/aromatic N) is 1. The predicted molar refractivity (Wildman–Crippen MR) is 114 cm³/mol. The highest BCUT2D eigenvalue weighted by Gasteiger charge is 2.14. The Labute approximate surface area is 184 Å². The molecule has 0 unspecified atom stereocenters. The number of carbonyl (C=O) groups excluding carboxylic acids is 2. The average Bonchev–Trinajstić information content (AvgIpc) is 2.67. The number of halogens is 2. The quantitative estimate of drug-likeness (QED) is 0.241. The second-order valence-electron chi connectivity index (χ2n) is 5.58. The fraction of sp³-hybridized carbons (Fsp3) is 0.150. The van der Waals surface area contributed by atoms with Gasteiger partial charge in [-0.2, -0.15) is 5.26 Å². The molecule has 0 fully saturated rings. The molecule has 29 heavy (non-hydrogen) atoms. The Morgan fingerprint density at radius 3 is 2.38 bits per heavy atom. The molecule has 0 saturated heterocycles. The summed E-state index contributed by atoms with van der Waals surface area (Å²) in [4.78, 5) is 23.8. The lowest BCUT2D eigenvalue weighted by atomic mass is 10.1. The molecule has 0 atom stereocenters. The van der Waals surface area contributed by atoms with E-state index in [0.717, 1.165) is 0 Å². The van der Waals surface area contributed by atoms with Crippen LogP contribution in [0.4, 0.5) is 5.69 Å². The van der Waals surface area contributed by atoms with Crippen molar-refractivity contribution in [1.82, 2.24) is 0 Å². The molecule has 0 aliphatic carbocycles. The molecule has 0 radical (unpaired) electrons. The number of hydrogen-bond donors (Lipinski definition) is 2. The molecule has 0 aromatic heterocycles. The van der Waals surface area contributed by atoms with Crippen LogP contribution in [0.5, 0.6) is 11.5 Å². The molecule has 2 rings (SSSR count). The van der Waals surface area contributed by atoms with Gasteiger partial charge in [0, 0.05) is 5.69 Å². The van der Waals surface area contributed by atoms with E-state index in [1.807, 2.05) is 6.07 Å². The fourth-order valence-corrected chi connectivity index (χ4v) is 3.64. The van der Waals surface area contributed by atoms with Gasteiger partial charge >= 0.3 is 5.97 Å². The summed E-state index contributed by atoms with van der Waals surface area (Å²) in [6.07, 6.45) is 1.42. The zero-order chi connectivity index (χ0) is 21.4. The van der Waals surface area contributed by atoms with Crippen LogP contribution < -0.4 is 10.1 Å². The van der Waals surface area contributed by atoms with Gasteiger partial charge in [0.2, 0.25) is 0 Å². The summed E-state index contributed by atoms with van der Waals surface area (Å²) in [6.45, 7) is 1.71. The van der Waals surface area contributed by atoms with Crippen LogP contribution in [0.2, 0.25) is 0 Å². The van der Waals surface area contributed by atoms with Crippen molar-refractivity contribution in [2.24, 2.45) is 0 Å². The Kier molecular flexibility index (Phi) is 8.24. The number of nitriles is 1. The molecule has 1 amide bonds. The summed E-state index contributed by atoms with van der Waals surface area (Å²) in [5.41, 5.74) is 0.890. The van der Waals surface area contributed by atoms with Crippen molar-refractivity contribution >= 4 is 55.5 Å². The molecule has 7 nitrogen and oxygen atoms in total. The molecule has 0 aliphatic rings. The highest BCUT2D eigenvalue weighted by molar-refractivity contribution is 9.11. The van der Waals surface area contributed by atoms with E-state index in [9.17, 15) is 20.0 Å². The molecule has 0 aliphatic heterocycles. The lowest BCUT2D eigenvalue weighted by Crippen LogP contribution is -2.15. The number of hydrogen-bond acceptors (Lipinski definition) is 6. The lowest BCUT2D eigenvalue weighted by molar-refractivity contribution is -0.145. The Bertz CT molecular complexity index is 958. The van der Waals surface area contributed by atoms with Crippen molar-refractivity contribution < 1.29 is 24.2 Å². The summed E-state index contributed by atoms with van der Waals surface area (Å²) >= 11 is 6.71. The van der Waals surface area contributed by atoms with E-state index in [1.165, 1.54) is 30.3 Å². The second-order valence-corrected chi connectivity index (χ2v) is 7.29. The number of nitrogens with one attached hydrogen (secondary N) is 1. The van der Waals surface area contributed by atoms with Gasteiger partial charge in [-0.3, -0.25) is 4.79 Å². The molecule has 2 aromatic carbocycles. The minimum atomic E-state index is -0.590. The maximum Gasteiger partial charge on any atom is 0.344 e. The predicted octanol–water partition coefficient (Wildman–Crippen LogP) is 4.40. The maximum atomic E-state index is 12.3. The van der Waals surface area contributed by atoms with Crippen LogP contribution in [-0.2, 0) is 14.3 Å². The number of phenolic OH excluding ortho intramolecular Hbond substituents is 1. The number of amides is 1. The molecule has 0 spiro atoms. The number of carbonyl (C=O) groups is 2. The van der Waals surface area contributed by atoms with Crippen molar-refractivity contribution in [2.75, 3.05) is 18.5 Å². The van der Waals surface area contributed by atoms with Crippen LogP contribution >= 0.6 is 31.9 Å². The van der Waals surface area contributed by atoms with Crippen molar-refractivity contribution in [2.45, 2.75) is 6.92 Å². The van der Waals surface area contributed by atoms with Crippen molar-refractivity contribution in [3.8, 4) is 17.6 Å². The molecule has 0 heterocycles. The first-order chi connectivity index (χ1) is 13.8. The SMILES string of the molecule is CCOC(=O)COc1c(Br)cc(/C=C(\C#N)C(=O)Nc2ccc(O)cc2)cc1Br. The van der Waals surface area contributed by atoms with Gasteiger partial charge in [-0.15, -0.1) is 0 Å². The third kappa shape index (κ3) is 6.62. The standard InChI is InChI=1S/C20H16Br2N2O5/c1-2-28-18(26)11-29-19-16(21)8-12(9-17(19)22)7-13(10-23)20(27)24-14-3-5-15(25)6-4-14/h3-9,25H,2,11H2,1H3,(H,24,27)/b13-7+. The number of phenols is 1. The summed E-state index contributed by atoms with van der Waals surface area (Å²) in [7, 11) is 0. The third-order valence-corrected chi connectivity index (χ3v) is 4.64. The van der Waals surface area contributed by atoms with Crippen LogP contribution in [0.15, 0.2) is 50.9 Å². The monoisotopic (exact) mass is 522 g/mol. The molecule has 0 bridgehead atoms. The lowest BCUT2D eigenvalue weighted by Gasteiger charge is -2.11. The van der Waals surface area contributed by atoms with E-state index in [0.29, 0.717) is 25.9 Å². The van der Waals surface area contributed by atoms with Gasteiger partial charge in [0.1, 0.15) is 23.1 Å². The molecular formula is C20H16Br2N2O5. The van der Waals surface area contributed by atoms with E-state index in [1.54, 1.807) is 19.1 Å². The molecule has 2 aromatic rings. The number of esters is 1. The van der Waals surface area contributed by atoms with E-state index < -0.39 is 11.9 Å². The number of anilines is 1. The van der Waals surface area contributed by atoms with Crippen molar-refractivity contribution in [3.05, 3.63) is 56.5 Å². The zero-order valence-corrected chi connectivity index (χ0v) is 18.4. The number of ether oxygens (including phenoxy) is 2. The Balaban J connectivity index is 2.18. The molecule has 9 heteroatoms. The molecular weight excluding hydrogens is 508 g/mol. The maximum absolute atomic E-state index is 12.3. The summed E-state index contributed by atoms with van der Waals surface area (Å²) in [5, 5.41) is 21.2. The van der Waals surface area contributed by atoms with Crippen LogP contribution in [0, 0.1) is 11.3 Å². The van der Waals surface area contributed by atoms with E-state index in [-0.39, 0.29) is 24.5 Å². The number of rotatable bonds is 7. The minimum Gasteiger partial charge on any atom is -0.508 e. The van der Waals surface area contributed by atoms with Gasteiger partial charge in [0.15, 0.2) is 6.61 Å². The van der Waals surface area contributed by atoms with Crippen LogP contribution in [0.3, 0.4) is 0 Å². The van der Waals surface area contributed by atoms with Gasteiger partial charge < -0.3 is 19.9 Å². The summed E-state index contributed by atoms with van der Waals surface area (Å²) in [6, 6.07) is 11.1. The second kappa shape index (κ2) is 10.6. The highest BCUT2D eigenvalue weighted by Crippen LogP contribution is 2.35. The van der Waals surface area contributed by atoms with E-state index in [4.69, 9.17) is 9.47 Å². The van der Waals surface area contributed by atoms with Gasteiger partial charge in [0.25, 0.3) is 5.91 Å². The topological polar surface area (TPSA) is 109 Å². The highest BCUT2D eigenvalue weighted by atomic mass is 79.9. The first-order valence-electron chi connectivity index (χ1n) is 8.33.